The van der Waals surface area contributed by atoms with Gasteiger partial charge in [0, 0.05) is 4.88 Å². The average Bonchev–Trinajstić information content (AvgIpc) is 2.74. The van der Waals surface area contributed by atoms with Gasteiger partial charge in [0.05, 0.1) is 12.7 Å². The number of methoxy groups -OCH3 is 1. The zero-order valence-electron chi connectivity index (χ0n) is 12.9. The van der Waals surface area contributed by atoms with Crippen molar-refractivity contribution in [3.05, 3.63) is 16.0 Å². The van der Waals surface area contributed by atoms with Crippen molar-refractivity contribution < 1.29 is 14.3 Å². The number of hydrogen-bond acceptors (Lipinski definition) is 4. The largest absolute Gasteiger partial charge is 0.453 e. The molecular weight excluding hydrogens is 288 g/mol. The minimum atomic E-state index is -0.580. The number of fused-ring (bicyclic) bond motifs is 1. The highest BCUT2D eigenvalue weighted by Crippen LogP contribution is 2.44. The summed E-state index contributed by atoms with van der Waals surface area (Å²) in [7, 11) is 1.29. The summed E-state index contributed by atoms with van der Waals surface area (Å²) < 4.78 is 4.60. The lowest BCUT2D eigenvalue weighted by atomic mass is 9.72. The van der Waals surface area contributed by atoms with Crippen LogP contribution in [0, 0.1) is 11.3 Å². The number of amides is 2. The Morgan fingerprint density at radius 2 is 2.05 bits per heavy atom. The first-order chi connectivity index (χ1) is 9.74. The van der Waals surface area contributed by atoms with Crippen LogP contribution < -0.4 is 11.1 Å². The molecule has 2 rings (SSSR count). The molecule has 0 saturated heterocycles. The van der Waals surface area contributed by atoms with Crippen LogP contribution in [0.4, 0.5) is 9.80 Å². The highest BCUT2D eigenvalue weighted by Gasteiger charge is 2.33. The Labute approximate surface area is 128 Å². The number of ether oxygens (including phenoxy) is 1. The third kappa shape index (κ3) is 3.20. The van der Waals surface area contributed by atoms with E-state index in [4.69, 9.17) is 5.73 Å². The predicted octanol–water partition coefficient (Wildman–Crippen LogP) is 3.18. The number of hydrogen-bond donors (Lipinski definition) is 2. The molecule has 0 spiro atoms. The van der Waals surface area contributed by atoms with Gasteiger partial charge in [-0.2, -0.15) is 0 Å². The number of nitrogens with two attached hydrogens (primary N) is 1. The number of thiophene rings is 1. The summed E-state index contributed by atoms with van der Waals surface area (Å²) >= 11 is 1.44. The minimum Gasteiger partial charge on any atom is -0.453 e. The molecule has 1 aromatic rings. The van der Waals surface area contributed by atoms with Gasteiger partial charge in [0.2, 0.25) is 0 Å². The van der Waals surface area contributed by atoms with E-state index in [1.54, 1.807) is 0 Å². The lowest BCUT2D eigenvalue weighted by Crippen LogP contribution is -2.27. The maximum absolute atomic E-state index is 11.7. The Balaban J connectivity index is 2.37. The molecule has 3 N–H and O–H groups in total. The second kappa shape index (κ2) is 5.67. The minimum absolute atomic E-state index is 0.227. The van der Waals surface area contributed by atoms with Crippen molar-refractivity contribution >= 4 is 28.3 Å². The molecule has 21 heavy (non-hydrogen) atoms. The van der Waals surface area contributed by atoms with Crippen molar-refractivity contribution in [1.82, 2.24) is 0 Å². The summed E-state index contributed by atoms with van der Waals surface area (Å²) in [6, 6.07) is 0. The van der Waals surface area contributed by atoms with Gasteiger partial charge in [0.25, 0.3) is 5.91 Å². The molecule has 1 atom stereocenters. The van der Waals surface area contributed by atoms with Gasteiger partial charge in [-0.1, -0.05) is 20.8 Å². The molecule has 116 valence electrons. The van der Waals surface area contributed by atoms with E-state index in [-0.39, 0.29) is 5.41 Å². The van der Waals surface area contributed by atoms with E-state index in [0.29, 0.717) is 16.5 Å². The van der Waals surface area contributed by atoms with Gasteiger partial charge in [-0.15, -0.1) is 11.3 Å². The second-order valence-corrected chi connectivity index (χ2v) is 7.60. The van der Waals surface area contributed by atoms with Crippen molar-refractivity contribution in [2.75, 3.05) is 12.4 Å². The average molecular weight is 310 g/mol. The first kappa shape index (κ1) is 15.8. The van der Waals surface area contributed by atoms with Gasteiger partial charge in [-0.25, -0.2) is 4.79 Å². The van der Waals surface area contributed by atoms with Crippen LogP contribution in [0.2, 0.25) is 0 Å². The maximum atomic E-state index is 11.7. The molecule has 0 fully saturated rings. The molecule has 0 aliphatic heterocycles. The molecule has 1 aliphatic carbocycles. The number of rotatable bonds is 2. The molecule has 0 radical (unpaired) electrons. The molecular formula is C15H22N2O3S. The SMILES string of the molecule is COC(=O)Nc1sc2c(c1C(N)=O)CC[C@H](C(C)(C)C)C2. The zero-order valence-corrected chi connectivity index (χ0v) is 13.7. The van der Waals surface area contributed by atoms with E-state index in [1.165, 1.54) is 18.4 Å². The van der Waals surface area contributed by atoms with Gasteiger partial charge in [-0.05, 0) is 36.2 Å². The van der Waals surface area contributed by atoms with Crippen molar-refractivity contribution in [3.8, 4) is 0 Å². The fourth-order valence-electron chi connectivity index (χ4n) is 2.82. The third-order valence-electron chi connectivity index (χ3n) is 4.14. The standard InChI is InChI=1S/C15H22N2O3S/c1-15(2,3)8-5-6-9-10(7-8)21-13(11(9)12(16)18)17-14(19)20-4/h8H,5-7H2,1-4H3,(H2,16,18)(H,17,19)/t8-/m0/s1. The normalized spacial score (nSPS) is 18.0. The summed E-state index contributed by atoms with van der Waals surface area (Å²) in [6.45, 7) is 6.70. The summed E-state index contributed by atoms with van der Waals surface area (Å²) in [5.74, 6) is 0.0727. The molecule has 0 unspecified atom stereocenters. The van der Waals surface area contributed by atoms with Gasteiger partial charge in [0.1, 0.15) is 5.00 Å². The van der Waals surface area contributed by atoms with Crippen LogP contribution in [0.25, 0.3) is 0 Å². The van der Waals surface area contributed by atoms with E-state index in [0.717, 1.165) is 29.7 Å². The van der Waals surface area contributed by atoms with Crippen LogP contribution in [-0.4, -0.2) is 19.1 Å². The Morgan fingerprint density at radius 1 is 1.38 bits per heavy atom. The molecule has 0 saturated carbocycles. The molecule has 1 heterocycles. The highest BCUT2D eigenvalue weighted by atomic mass is 32.1. The van der Waals surface area contributed by atoms with Crippen molar-refractivity contribution in [2.24, 2.45) is 17.1 Å². The number of carbonyl (C=O) groups excluding carboxylic acids is 2. The van der Waals surface area contributed by atoms with Crippen LogP contribution in [0.15, 0.2) is 0 Å². The van der Waals surface area contributed by atoms with E-state index >= 15 is 0 Å². The first-order valence-electron chi connectivity index (χ1n) is 7.03. The molecule has 1 aromatic heterocycles. The summed E-state index contributed by atoms with van der Waals surface area (Å²) in [6.07, 6.45) is 2.20. The molecule has 5 nitrogen and oxygen atoms in total. The van der Waals surface area contributed by atoms with E-state index in [2.05, 4.69) is 30.8 Å². The zero-order chi connectivity index (χ0) is 15.8. The monoisotopic (exact) mass is 310 g/mol. The highest BCUT2D eigenvalue weighted by molar-refractivity contribution is 7.17. The summed E-state index contributed by atoms with van der Waals surface area (Å²) in [4.78, 5) is 24.3. The topological polar surface area (TPSA) is 81.4 Å². The van der Waals surface area contributed by atoms with Crippen molar-refractivity contribution in [1.29, 1.82) is 0 Å². The Kier molecular flexibility index (Phi) is 4.27. The van der Waals surface area contributed by atoms with Gasteiger partial charge < -0.3 is 10.5 Å². The van der Waals surface area contributed by atoms with E-state index in [9.17, 15) is 9.59 Å². The quantitative estimate of drug-likeness (QED) is 0.880. The Bertz CT molecular complexity index is 572. The van der Waals surface area contributed by atoms with Gasteiger partial charge in [0.15, 0.2) is 0 Å². The van der Waals surface area contributed by atoms with Crippen LogP contribution in [0.1, 0.15) is 48.0 Å². The Morgan fingerprint density at radius 3 is 2.57 bits per heavy atom. The Hall–Kier alpha value is -1.56. The summed E-state index contributed by atoms with van der Waals surface area (Å²) in [5, 5.41) is 3.12. The van der Waals surface area contributed by atoms with Gasteiger partial charge >= 0.3 is 6.09 Å². The van der Waals surface area contributed by atoms with Crippen LogP contribution in [0.5, 0.6) is 0 Å². The van der Waals surface area contributed by atoms with E-state index < -0.39 is 12.0 Å². The molecule has 6 heteroatoms. The van der Waals surface area contributed by atoms with E-state index in [1.807, 2.05) is 0 Å². The van der Waals surface area contributed by atoms with Crippen LogP contribution in [-0.2, 0) is 17.6 Å². The second-order valence-electron chi connectivity index (χ2n) is 6.49. The molecule has 0 aromatic carbocycles. The lowest BCUT2D eigenvalue weighted by Gasteiger charge is -2.33. The number of nitrogens with one attached hydrogen (secondary N) is 1. The number of carbonyl (C=O) groups is 2. The van der Waals surface area contributed by atoms with Crippen molar-refractivity contribution in [3.63, 3.8) is 0 Å². The third-order valence-corrected chi connectivity index (χ3v) is 5.31. The lowest BCUT2D eigenvalue weighted by molar-refractivity contribution is 0.1000. The molecule has 2 amide bonds. The predicted molar refractivity (Wildman–Crippen MR) is 83.8 cm³/mol. The van der Waals surface area contributed by atoms with Gasteiger partial charge in [-0.3, -0.25) is 10.1 Å². The first-order valence-corrected chi connectivity index (χ1v) is 7.85. The smallest absolute Gasteiger partial charge is 0.411 e. The summed E-state index contributed by atoms with van der Waals surface area (Å²) in [5.41, 5.74) is 7.17. The van der Waals surface area contributed by atoms with Crippen LogP contribution >= 0.6 is 11.3 Å². The number of anilines is 1. The fourth-order valence-corrected chi connectivity index (χ4v) is 4.14. The maximum Gasteiger partial charge on any atom is 0.411 e. The van der Waals surface area contributed by atoms with Crippen molar-refractivity contribution in [2.45, 2.75) is 40.0 Å². The fraction of sp³-hybridized carbons (Fsp3) is 0.600. The van der Waals surface area contributed by atoms with Crippen LogP contribution in [0.3, 0.4) is 0 Å². The molecule has 0 bridgehead atoms. The molecule has 1 aliphatic rings. The number of primary amides is 1.